The van der Waals surface area contributed by atoms with E-state index < -0.39 is 6.04 Å². The highest BCUT2D eigenvalue weighted by Crippen LogP contribution is 2.27. The Morgan fingerprint density at radius 3 is 2.33 bits per heavy atom. The molecule has 0 aliphatic carbocycles. The number of ether oxygens (including phenoxy) is 1. The van der Waals surface area contributed by atoms with E-state index in [4.69, 9.17) is 9.72 Å². The molecule has 0 radical (unpaired) electrons. The first-order chi connectivity index (χ1) is 19.5. The Morgan fingerprint density at radius 1 is 0.950 bits per heavy atom. The first kappa shape index (κ1) is 29.1. The van der Waals surface area contributed by atoms with Gasteiger partial charge in [-0.1, -0.05) is 69.2 Å². The largest absolute Gasteiger partial charge is 0.494 e. The number of carbonyl (C=O) groups is 1. The van der Waals surface area contributed by atoms with Gasteiger partial charge in [-0.2, -0.15) is 0 Å². The van der Waals surface area contributed by atoms with E-state index >= 15 is 0 Å². The van der Waals surface area contributed by atoms with Gasteiger partial charge in [0.15, 0.2) is 0 Å². The number of para-hydroxylation sites is 1. The van der Waals surface area contributed by atoms with Crippen LogP contribution in [0.25, 0.3) is 16.6 Å². The van der Waals surface area contributed by atoms with Gasteiger partial charge in [0.1, 0.15) is 11.6 Å². The lowest BCUT2D eigenvalue weighted by Gasteiger charge is -2.33. The molecule has 0 saturated heterocycles. The molecule has 0 fully saturated rings. The normalized spacial score (nSPS) is 12.7. The van der Waals surface area contributed by atoms with Gasteiger partial charge in [-0.3, -0.25) is 14.2 Å². The molecule has 0 N–H and O–H groups in total. The average Bonchev–Trinajstić information content (AvgIpc) is 2.99. The fourth-order valence-electron chi connectivity index (χ4n) is 5.25. The molecule has 6 nitrogen and oxygen atoms in total. The Bertz CT molecular complexity index is 1450. The zero-order valence-corrected chi connectivity index (χ0v) is 24.2. The number of carbonyl (C=O) groups excluding carboxylic acids is 1. The van der Waals surface area contributed by atoms with Crippen LogP contribution in [0.2, 0.25) is 0 Å². The number of unbranched alkanes of at least 4 members (excludes halogenated alkanes) is 1. The monoisotopic (exact) mass is 539 g/mol. The lowest BCUT2D eigenvalue weighted by molar-refractivity contribution is -0.138. The number of aromatic nitrogens is 2. The van der Waals surface area contributed by atoms with E-state index in [0.717, 1.165) is 37.9 Å². The summed E-state index contributed by atoms with van der Waals surface area (Å²) >= 11 is 0. The SMILES string of the molecule is CCCCC(CC)C(=O)N(CCc1ccccc1)C(C)c1nc2ccccc2c(=O)n1-c1ccc(OCC)cc1. The molecule has 1 aromatic heterocycles. The molecule has 6 heteroatoms. The molecule has 0 aliphatic rings. The van der Waals surface area contributed by atoms with E-state index in [-0.39, 0.29) is 17.4 Å². The van der Waals surface area contributed by atoms with Crippen LogP contribution in [0, 0.1) is 5.92 Å². The van der Waals surface area contributed by atoms with Crippen molar-refractivity contribution in [3.05, 3.63) is 101 Å². The molecular weight excluding hydrogens is 498 g/mol. The van der Waals surface area contributed by atoms with Crippen LogP contribution in [-0.4, -0.2) is 33.5 Å². The molecular formula is C34H41N3O3. The van der Waals surface area contributed by atoms with Crippen molar-refractivity contribution in [1.29, 1.82) is 0 Å². The Morgan fingerprint density at radius 2 is 1.65 bits per heavy atom. The summed E-state index contributed by atoms with van der Waals surface area (Å²) < 4.78 is 7.30. The summed E-state index contributed by atoms with van der Waals surface area (Å²) in [5.74, 6) is 1.35. The van der Waals surface area contributed by atoms with Gasteiger partial charge in [0.2, 0.25) is 5.91 Å². The van der Waals surface area contributed by atoms with Crippen molar-refractivity contribution >= 4 is 16.8 Å². The van der Waals surface area contributed by atoms with Gasteiger partial charge >= 0.3 is 0 Å². The van der Waals surface area contributed by atoms with Crippen LogP contribution in [0.1, 0.15) is 70.8 Å². The summed E-state index contributed by atoms with van der Waals surface area (Å²) in [5.41, 5.74) is 2.35. The van der Waals surface area contributed by atoms with Crippen LogP contribution < -0.4 is 10.3 Å². The second-order valence-corrected chi connectivity index (χ2v) is 10.2. The molecule has 1 amide bonds. The summed E-state index contributed by atoms with van der Waals surface area (Å²) in [4.78, 5) is 35.0. The fraction of sp³-hybridized carbons (Fsp3) is 0.382. The van der Waals surface area contributed by atoms with E-state index in [9.17, 15) is 9.59 Å². The fourth-order valence-corrected chi connectivity index (χ4v) is 5.25. The zero-order valence-electron chi connectivity index (χ0n) is 24.2. The number of hydrogen-bond acceptors (Lipinski definition) is 4. The third-order valence-electron chi connectivity index (χ3n) is 7.56. The maximum atomic E-state index is 14.1. The van der Waals surface area contributed by atoms with Gasteiger partial charge in [0.25, 0.3) is 5.56 Å². The van der Waals surface area contributed by atoms with Crippen LogP contribution in [0.5, 0.6) is 5.75 Å². The number of fused-ring (bicyclic) bond motifs is 1. The standard InChI is InChI=1S/C34H41N3O3/c1-5-8-16-27(6-2)33(38)36(24-23-26-14-10-9-11-15-26)25(4)32-35-31-18-13-12-17-30(31)34(39)37(32)28-19-21-29(22-20-28)40-7-3/h9-15,17-22,25,27H,5-8,16,23-24H2,1-4H3. The molecule has 40 heavy (non-hydrogen) atoms. The molecule has 210 valence electrons. The Kier molecular flexibility index (Phi) is 10.1. The average molecular weight is 540 g/mol. The summed E-state index contributed by atoms with van der Waals surface area (Å²) in [6, 6.07) is 24.7. The zero-order chi connectivity index (χ0) is 28.5. The number of benzene rings is 3. The highest BCUT2D eigenvalue weighted by molar-refractivity contribution is 5.80. The Balaban J connectivity index is 1.82. The second-order valence-electron chi connectivity index (χ2n) is 10.2. The van der Waals surface area contributed by atoms with Crippen LogP contribution >= 0.6 is 0 Å². The minimum atomic E-state index is -0.421. The van der Waals surface area contributed by atoms with Gasteiger partial charge in [-0.25, -0.2) is 4.98 Å². The van der Waals surface area contributed by atoms with Crippen molar-refractivity contribution in [2.24, 2.45) is 5.92 Å². The summed E-state index contributed by atoms with van der Waals surface area (Å²) in [7, 11) is 0. The predicted octanol–water partition coefficient (Wildman–Crippen LogP) is 7.13. The predicted molar refractivity (Wildman–Crippen MR) is 162 cm³/mol. The molecule has 0 aliphatic heterocycles. The van der Waals surface area contributed by atoms with Gasteiger partial charge < -0.3 is 9.64 Å². The maximum Gasteiger partial charge on any atom is 0.266 e. The minimum Gasteiger partial charge on any atom is -0.494 e. The molecule has 1 heterocycles. The van der Waals surface area contributed by atoms with Gasteiger partial charge in [-0.05, 0) is 75.1 Å². The van der Waals surface area contributed by atoms with Crippen molar-refractivity contribution in [2.45, 2.75) is 65.8 Å². The molecule has 4 aromatic rings. The number of nitrogens with zero attached hydrogens (tertiary/aromatic N) is 3. The first-order valence-electron chi connectivity index (χ1n) is 14.6. The molecule has 2 unspecified atom stereocenters. The Hall–Kier alpha value is -3.93. The maximum absolute atomic E-state index is 14.1. The topological polar surface area (TPSA) is 64.4 Å². The summed E-state index contributed by atoms with van der Waals surface area (Å²) in [6.07, 6.45) is 4.42. The van der Waals surface area contributed by atoms with Crippen LogP contribution in [0.4, 0.5) is 0 Å². The van der Waals surface area contributed by atoms with Crippen molar-refractivity contribution in [1.82, 2.24) is 14.5 Å². The molecule has 4 rings (SSSR count). The lowest BCUT2D eigenvalue weighted by Crippen LogP contribution is -2.41. The third kappa shape index (κ3) is 6.61. The van der Waals surface area contributed by atoms with E-state index in [0.29, 0.717) is 35.6 Å². The summed E-state index contributed by atoms with van der Waals surface area (Å²) in [6.45, 7) is 9.28. The number of amides is 1. The van der Waals surface area contributed by atoms with Gasteiger partial charge in [0.05, 0.1) is 29.2 Å². The van der Waals surface area contributed by atoms with Crippen molar-refractivity contribution in [3.63, 3.8) is 0 Å². The van der Waals surface area contributed by atoms with E-state index in [1.54, 1.807) is 10.6 Å². The van der Waals surface area contributed by atoms with Crippen molar-refractivity contribution < 1.29 is 9.53 Å². The van der Waals surface area contributed by atoms with Gasteiger partial charge in [0, 0.05) is 12.5 Å². The third-order valence-corrected chi connectivity index (χ3v) is 7.56. The number of hydrogen-bond donors (Lipinski definition) is 0. The van der Waals surface area contributed by atoms with E-state index in [1.165, 1.54) is 5.56 Å². The summed E-state index contributed by atoms with van der Waals surface area (Å²) in [5, 5.41) is 0.545. The van der Waals surface area contributed by atoms with Crippen LogP contribution in [0.15, 0.2) is 83.7 Å². The van der Waals surface area contributed by atoms with Crippen molar-refractivity contribution in [2.75, 3.05) is 13.2 Å². The quantitative estimate of drug-likeness (QED) is 0.181. The first-order valence-corrected chi connectivity index (χ1v) is 14.6. The molecule has 0 spiro atoms. The Labute approximate surface area is 237 Å². The van der Waals surface area contributed by atoms with E-state index in [1.807, 2.05) is 79.4 Å². The van der Waals surface area contributed by atoms with Crippen molar-refractivity contribution in [3.8, 4) is 11.4 Å². The van der Waals surface area contributed by atoms with Gasteiger partial charge in [-0.15, -0.1) is 0 Å². The van der Waals surface area contributed by atoms with Crippen LogP contribution in [0.3, 0.4) is 0 Å². The molecule has 0 saturated carbocycles. The van der Waals surface area contributed by atoms with Crippen LogP contribution in [-0.2, 0) is 11.2 Å². The lowest BCUT2D eigenvalue weighted by atomic mass is 9.96. The minimum absolute atomic E-state index is 0.0655. The highest BCUT2D eigenvalue weighted by Gasteiger charge is 2.30. The second kappa shape index (κ2) is 13.9. The number of rotatable bonds is 13. The molecule has 2 atom stereocenters. The molecule has 3 aromatic carbocycles. The highest BCUT2D eigenvalue weighted by atomic mass is 16.5. The smallest absolute Gasteiger partial charge is 0.266 e. The molecule has 0 bridgehead atoms. The van der Waals surface area contributed by atoms with E-state index in [2.05, 4.69) is 26.0 Å².